The molecule has 0 aromatic carbocycles. The van der Waals surface area contributed by atoms with E-state index in [9.17, 15) is 13.2 Å². The van der Waals surface area contributed by atoms with Gasteiger partial charge in [-0.25, -0.2) is 0 Å². The van der Waals surface area contributed by atoms with Crippen molar-refractivity contribution in [2.45, 2.75) is 6.18 Å². The Bertz CT molecular complexity index is 86.5. The number of halogens is 5. The second kappa shape index (κ2) is 2.86. The quantitative estimate of drug-likeness (QED) is 0.299. The molecule has 0 aromatic rings. The molecule has 0 aromatic heterocycles. The Morgan fingerprint density at radius 2 is 1.50 bits per heavy atom. The summed E-state index contributed by atoms with van der Waals surface area (Å²) in [6.45, 7) is 0. The van der Waals surface area contributed by atoms with Crippen LogP contribution in [0.1, 0.15) is 0 Å². The zero-order valence-corrected chi connectivity index (χ0v) is 4.05. The molecule has 0 saturated carbocycles. The van der Waals surface area contributed by atoms with E-state index in [0.29, 0.717) is 0 Å². The fourth-order valence-electron chi connectivity index (χ4n) is 0. The van der Waals surface area contributed by atoms with Gasteiger partial charge in [0.1, 0.15) is 0 Å². The lowest BCUT2D eigenvalue weighted by atomic mass is 10.8. The number of carbonyl (C=O) groups excluding carboxylic acids is 1. The zero-order chi connectivity index (χ0) is 6.08. The van der Waals surface area contributed by atoms with E-state index in [1.807, 2.05) is 0 Å². The summed E-state index contributed by atoms with van der Waals surface area (Å²) in [4.78, 5) is 9.11. The van der Waals surface area contributed by atoms with Crippen LogP contribution < -0.4 is 4.70 Å². The SMILES string of the molecule is O=C(Cl)C(F)(F)F.[F-]. The van der Waals surface area contributed by atoms with Crippen LogP contribution in [-0.2, 0) is 4.79 Å². The predicted octanol–water partition coefficient (Wildman–Crippen LogP) is -1.68. The topological polar surface area (TPSA) is 17.1 Å². The van der Waals surface area contributed by atoms with Gasteiger partial charge >= 0.3 is 11.4 Å². The van der Waals surface area contributed by atoms with E-state index in [1.54, 1.807) is 0 Å². The van der Waals surface area contributed by atoms with E-state index in [4.69, 9.17) is 4.79 Å². The minimum absolute atomic E-state index is 0. The first-order chi connectivity index (χ1) is 2.94. The van der Waals surface area contributed by atoms with Crippen molar-refractivity contribution in [2.24, 2.45) is 0 Å². The van der Waals surface area contributed by atoms with Gasteiger partial charge in [-0.3, -0.25) is 4.79 Å². The maximum atomic E-state index is 10.7. The van der Waals surface area contributed by atoms with E-state index in [2.05, 4.69) is 11.6 Å². The van der Waals surface area contributed by atoms with Crippen molar-refractivity contribution in [3.8, 4) is 0 Å². The number of carbonyl (C=O) groups is 1. The third-order valence-electron chi connectivity index (χ3n) is 0.223. The van der Waals surface area contributed by atoms with Gasteiger partial charge in [0.15, 0.2) is 0 Å². The molecule has 6 heteroatoms. The number of hydrogen-bond donors (Lipinski definition) is 0. The molecule has 0 bridgehead atoms. The Labute approximate surface area is 46.8 Å². The standard InChI is InChI=1S/C2ClF3O.FH/c3-1(7)2(4,5)6;/h;1H/p-1. The number of hydrogen-bond acceptors (Lipinski definition) is 1. The predicted molar refractivity (Wildman–Crippen MR) is 16.9 cm³/mol. The minimum atomic E-state index is -4.87. The summed E-state index contributed by atoms with van der Waals surface area (Å²) < 4.78 is 32.1. The molecule has 0 aliphatic carbocycles. The highest BCUT2D eigenvalue weighted by molar-refractivity contribution is 6.64. The van der Waals surface area contributed by atoms with Crippen LogP contribution in [0.5, 0.6) is 0 Å². The normalized spacial score (nSPS) is 10.0. The van der Waals surface area contributed by atoms with Gasteiger partial charge in [0.2, 0.25) is 0 Å². The van der Waals surface area contributed by atoms with Crippen LogP contribution in [0.15, 0.2) is 0 Å². The van der Waals surface area contributed by atoms with Crippen LogP contribution in [0.2, 0.25) is 0 Å². The molecule has 0 amide bonds. The largest absolute Gasteiger partial charge is 1.00 e. The van der Waals surface area contributed by atoms with Crippen LogP contribution in [0, 0.1) is 0 Å². The van der Waals surface area contributed by atoms with Crippen LogP contribution >= 0.6 is 11.6 Å². The van der Waals surface area contributed by atoms with Crippen LogP contribution in [0.4, 0.5) is 13.2 Å². The van der Waals surface area contributed by atoms with Gasteiger partial charge in [-0.15, -0.1) is 0 Å². The Morgan fingerprint density at radius 3 is 1.50 bits per heavy atom. The second-order valence-corrected chi connectivity index (χ2v) is 1.11. The summed E-state index contributed by atoms with van der Waals surface area (Å²) in [5.74, 6) is 0. The molecule has 0 atom stereocenters. The average Bonchev–Trinajstić information content (AvgIpc) is 1.31. The average molecular weight is 151 g/mol. The first-order valence-electron chi connectivity index (χ1n) is 1.21. The molecule has 0 radical (unpaired) electrons. The molecule has 0 saturated heterocycles. The summed E-state index contributed by atoms with van der Waals surface area (Å²) in [5, 5.41) is -2.28. The van der Waals surface area contributed by atoms with E-state index >= 15 is 0 Å². The van der Waals surface area contributed by atoms with Gasteiger partial charge in [-0.1, -0.05) is 0 Å². The van der Waals surface area contributed by atoms with Crippen molar-refractivity contribution in [1.82, 2.24) is 0 Å². The first-order valence-corrected chi connectivity index (χ1v) is 1.59. The minimum Gasteiger partial charge on any atom is -1.00 e. The van der Waals surface area contributed by atoms with Crippen molar-refractivity contribution in [2.75, 3.05) is 0 Å². The van der Waals surface area contributed by atoms with Crippen molar-refractivity contribution in [1.29, 1.82) is 0 Å². The molecule has 1 nitrogen and oxygen atoms in total. The van der Waals surface area contributed by atoms with Crippen molar-refractivity contribution in [3.63, 3.8) is 0 Å². The molecule has 0 spiro atoms. The third kappa shape index (κ3) is 3.86. The molecule has 50 valence electrons. The van der Waals surface area contributed by atoms with E-state index < -0.39 is 11.4 Å². The molecule has 0 rings (SSSR count). The molecule has 0 aliphatic rings. The summed E-state index contributed by atoms with van der Waals surface area (Å²) in [7, 11) is 0. The van der Waals surface area contributed by atoms with Crippen molar-refractivity contribution in [3.05, 3.63) is 0 Å². The number of alkyl halides is 3. The van der Waals surface area contributed by atoms with Gasteiger partial charge < -0.3 is 4.70 Å². The molecule has 0 N–H and O–H groups in total. The summed E-state index contributed by atoms with van der Waals surface area (Å²) in [6, 6.07) is 0. The van der Waals surface area contributed by atoms with Crippen LogP contribution in [-0.4, -0.2) is 11.4 Å². The lowest BCUT2D eigenvalue weighted by Crippen LogP contribution is -3.00. The van der Waals surface area contributed by atoms with Gasteiger partial charge in [0.25, 0.3) is 0 Å². The Morgan fingerprint density at radius 1 is 1.38 bits per heavy atom. The molecular formula is C2ClF4O-. The van der Waals surface area contributed by atoms with E-state index in [0.717, 1.165) is 0 Å². The van der Waals surface area contributed by atoms with E-state index in [1.165, 1.54) is 0 Å². The van der Waals surface area contributed by atoms with Gasteiger partial charge in [-0.2, -0.15) is 13.2 Å². The lowest BCUT2D eigenvalue weighted by molar-refractivity contribution is -0.161. The molecule has 0 unspecified atom stereocenters. The Hall–Kier alpha value is -0.320. The molecule has 8 heavy (non-hydrogen) atoms. The highest BCUT2D eigenvalue weighted by Crippen LogP contribution is 2.17. The summed E-state index contributed by atoms with van der Waals surface area (Å²) >= 11 is 3.99. The van der Waals surface area contributed by atoms with Gasteiger partial charge in [-0.05, 0) is 11.6 Å². The highest BCUT2D eigenvalue weighted by Gasteiger charge is 2.36. The van der Waals surface area contributed by atoms with Crippen molar-refractivity contribution < 1.29 is 22.7 Å². The Balaban J connectivity index is 0. The fraction of sp³-hybridized carbons (Fsp3) is 0.500. The zero-order valence-electron chi connectivity index (χ0n) is 3.30. The molecule has 0 aliphatic heterocycles. The first kappa shape index (κ1) is 10.6. The van der Waals surface area contributed by atoms with Crippen LogP contribution in [0.25, 0.3) is 0 Å². The maximum Gasteiger partial charge on any atom is 0.466 e. The Kier molecular flexibility index (Phi) is 3.80. The van der Waals surface area contributed by atoms with Gasteiger partial charge in [0, 0.05) is 0 Å². The van der Waals surface area contributed by atoms with Crippen molar-refractivity contribution >= 4 is 16.8 Å². The number of rotatable bonds is 0. The summed E-state index contributed by atoms with van der Waals surface area (Å²) in [5.41, 5.74) is 0. The van der Waals surface area contributed by atoms with Gasteiger partial charge in [0.05, 0.1) is 0 Å². The van der Waals surface area contributed by atoms with E-state index in [-0.39, 0.29) is 4.70 Å². The molecular weight excluding hydrogens is 151 g/mol. The second-order valence-electron chi connectivity index (χ2n) is 0.771. The maximum absolute atomic E-state index is 10.7. The highest BCUT2D eigenvalue weighted by atomic mass is 35.5. The smallest absolute Gasteiger partial charge is 0.466 e. The molecule has 0 heterocycles. The summed E-state index contributed by atoms with van der Waals surface area (Å²) in [6.07, 6.45) is -4.87. The third-order valence-corrected chi connectivity index (χ3v) is 0.437. The monoisotopic (exact) mass is 151 g/mol. The lowest BCUT2D eigenvalue weighted by Gasteiger charge is -1.93. The van der Waals surface area contributed by atoms with Crippen LogP contribution in [0.3, 0.4) is 0 Å². The fourth-order valence-corrected chi connectivity index (χ4v) is 0. The molecule has 0 fully saturated rings.